The van der Waals surface area contributed by atoms with E-state index in [2.05, 4.69) is 30.0 Å². The van der Waals surface area contributed by atoms with Gasteiger partial charge in [-0.1, -0.05) is 62.4 Å². The lowest BCUT2D eigenvalue weighted by molar-refractivity contribution is -0.121. The molecular weight excluding hydrogens is 396 g/mol. The second-order valence-corrected chi connectivity index (χ2v) is 8.83. The van der Waals surface area contributed by atoms with Gasteiger partial charge in [-0.25, -0.2) is 9.53 Å². The first-order valence-electron chi connectivity index (χ1n) is 10.8. The van der Waals surface area contributed by atoms with E-state index in [1.54, 1.807) is 12.1 Å². The Hall–Kier alpha value is -3.96. The molecule has 2 aromatic carbocycles. The Morgan fingerprint density at radius 1 is 1.19 bits per heavy atom. The van der Waals surface area contributed by atoms with Crippen LogP contribution in [0.4, 0.5) is 5.69 Å². The summed E-state index contributed by atoms with van der Waals surface area (Å²) in [5.74, 6) is -0.184. The van der Waals surface area contributed by atoms with E-state index in [0.717, 1.165) is 35.5 Å². The molecule has 2 aliphatic carbocycles. The van der Waals surface area contributed by atoms with Gasteiger partial charge in [0.15, 0.2) is 11.5 Å². The normalized spacial score (nSPS) is 24.0. The van der Waals surface area contributed by atoms with Crippen LogP contribution in [0.5, 0.6) is 0 Å². The number of Topliss-reactive ketones (excluding diaryl/α,β-unsaturated/α-hetero) is 1. The molecule has 3 aromatic rings. The number of rotatable bonds is 2. The maximum absolute atomic E-state index is 12.8. The monoisotopic (exact) mass is 418 g/mol. The second kappa shape index (κ2) is 7.32. The van der Waals surface area contributed by atoms with Crippen LogP contribution in [0.1, 0.15) is 31.5 Å². The van der Waals surface area contributed by atoms with E-state index < -0.39 is 5.41 Å². The minimum Gasteiger partial charge on any atom is -0.293 e. The van der Waals surface area contributed by atoms with Gasteiger partial charge < -0.3 is 0 Å². The Balaban J connectivity index is 1.81. The molecule has 0 radical (unpaired) electrons. The SMILES string of the molecule is [C-]#[N+]c1ccc(-n2nc(-c3ccccc3)c3c2[C@]2(C)C=C(C#N)C(=O)[C@H](C)[C@H]2CC3)cc1. The number of carbonyl (C=O) groups is 1. The Kier molecular flexibility index (Phi) is 4.57. The average Bonchev–Trinajstić information content (AvgIpc) is 3.23. The van der Waals surface area contributed by atoms with E-state index in [-0.39, 0.29) is 23.2 Å². The fourth-order valence-corrected chi connectivity index (χ4v) is 5.53. The summed E-state index contributed by atoms with van der Waals surface area (Å²) in [5.41, 5.74) is 5.37. The van der Waals surface area contributed by atoms with E-state index in [1.807, 2.05) is 48.0 Å². The third-order valence-corrected chi connectivity index (χ3v) is 7.09. The van der Waals surface area contributed by atoms with Crippen LogP contribution in [0.25, 0.3) is 21.8 Å². The summed E-state index contributed by atoms with van der Waals surface area (Å²) in [4.78, 5) is 16.3. The zero-order valence-corrected chi connectivity index (χ0v) is 18.0. The molecule has 2 aliphatic rings. The van der Waals surface area contributed by atoms with Gasteiger partial charge in [0.25, 0.3) is 0 Å². The van der Waals surface area contributed by atoms with Crippen molar-refractivity contribution in [1.82, 2.24) is 9.78 Å². The van der Waals surface area contributed by atoms with Crippen molar-refractivity contribution in [1.29, 1.82) is 5.26 Å². The minimum absolute atomic E-state index is 0.0609. The van der Waals surface area contributed by atoms with E-state index in [0.29, 0.717) is 5.69 Å². The lowest BCUT2D eigenvalue weighted by Crippen LogP contribution is -2.46. The predicted octanol–water partition coefficient (Wildman–Crippen LogP) is 5.58. The molecule has 156 valence electrons. The summed E-state index contributed by atoms with van der Waals surface area (Å²) in [7, 11) is 0. The molecule has 0 aliphatic heterocycles. The maximum atomic E-state index is 12.8. The molecular formula is C27H22N4O. The van der Waals surface area contributed by atoms with Gasteiger partial charge in [0.05, 0.1) is 29.2 Å². The Labute approximate surface area is 187 Å². The summed E-state index contributed by atoms with van der Waals surface area (Å²) < 4.78 is 1.96. The topological polar surface area (TPSA) is 63.0 Å². The first kappa shape index (κ1) is 20.0. The van der Waals surface area contributed by atoms with Crippen LogP contribution in [0.15, 0.2) is 66.2 Å². The molecule has 0 bridgehead atoms. The van der Waals surface area contributed by atoms with Crippen LogP contribution in [-0.4, -0.2) is 15.6 Å². The minimum atomic E-state index is -0.496. The Bertz CT molecular complexity index is 1340. The Morgan fingerprint density at radius 3 is 2.56 bits per heavy atom. The van der Waals surface area contributed by atoms with Crippen molar-refractivity contribution in [2.75, 3.05) is 0 Å². The zero-order chi connectivity index (χ0) is 22.5. The van der Waals surface area contributed by atoms with Crippen molar-refractivity contribution >= 4 is 11.5 Å². The molecule has 0 saturated heterocycles. The standard InChI is InChI=1S/C27H22N4O/c1-17-23-14-13-22-24(18-7-5-4-6-8-18)30-31(21-11-9-20(29-3)10-12-21)26(22)27(23,2)15-19(16-28)25(17)32/h4-12,15,17,23H,13-14H2,1-2H3/t17-,23-,27-/m1/s1. The molecule has 5 nitrogen and oxygen atoms in total. The summed E-state index contributed by atoms with van der Waals surface area (Å²) in [6.07, 6.45) is 3.57. The highest BCUT2D eigenvalue weighted by atomic mass is 16.1. The molecule has 5 heteroatoms. The molecule has 5 rings (SSSR count). The van der Waals surface area contributed by atoms with Crippen molar-refractivity contribution in [2.24, 2.45) is 11.8 Å². The van der Waals surface area contributed by atoms with E-state index in [1.165, 1.54) is 5.56 Å². The van der Waals surface area contributed by atoms with Crippen LogP contribution >= 0.6 is 0 Å². The highest BCUT2D eigenvalue weighted by molar-refractivity contribution is 6.02. The zero-order valence-electron chi connectivity index (χ0n) is 18.0. The number of allylic oxidation sites excluding steroid dienone is 2. The first-order valence-corrected chi connectivity index (χ1v) is 10.8. The third kappa shape index (κ3) is 2.82. The van der Waals surface area contributed by atoms with Crippen LogP contribution in [0.2, 0.25) is 0 Å². The number of nitriles is 1. The molecule has 0 saturated carbocycles. The van der Waals surface area contributed by atoms with Crippen LogP contribution in [0, 0.1) is 29.7 Å². The number of carbonyl (C=O) groups excluding carboxylic acids is 1. The summed E-state index contributed by atoms with van der Waals surface area (Å²) >= 11 is 0. The first-order chi connectivity index (χ1) is 15.5. The summed E-state index contributed by atoms with van der Waals surface area (Å²) in [5, 5.41) is 14.7. The molecule has 0 N–H and O–H groups in total. The van der Waals surface area contributed by atoms with E-state index in [4.69, 9.17) is 11.7 Å². The van der Waals surface area contributed by atoms with Crippen molar-refractivity contribution < 1.29 is 4.79 Å². The fraction of sp³-hybridized carbons (Fsp3) is 0.259. The third-order valence-electron chi connectivity index (χ3n) is 7.09. The lowest BCUT2D eigenvalue weighted by atomic mass is 9.57. The molecule has 32 heavy (non-hydrogen) atoms. The van der Waals surface area contributed by atoms with Crippen molar-refractivity contribution in [3.8, 4) is 23.0 Å². The summed E-state index contributed by atoms with van der Waals surface area (Å²) in [6.45, 7) is 11.3. The largest absolute Gasteiger partial charge is 0.293 e. The smallest absolute Gasteiger partial charge is 0.187 e. The average molecular weight is 419 g/mol. The molecule has 0 amide bonds. The fourth-order valence-electron chi connectivity index (χ4n) is 5.53. The van der Waals surface area contributed by atoms with Crippen molar-refractivity contribution in [3.05, 3.63) is 88.9 Å². The quantitative estimate of drug-likeness (QED) is 0.511. The molecule has 0 spiro atoms. The van der Waals surface area contributed by atoms with Gasteiger partial charge in [-0.05, 0) is 30.9 Å². The molecule has 0 fully saturated rings. The highest BCUT2D eigenvalue weighted by Crippen LogP contribution is 2.52. The number of fused-ring (bicyclic) bond motifs is 3. The van der Waals surface area contributed by atoms with Crippen LogP contribution in [0.3, 0.4) is 0 Å². The van der Waals surface area contributed by atoms with E-state index >= 15 is 0 Å². The number of ketones is 1. The van der Waals surface area contributed by atoms with Gasteiger partial charge in [-0.15, -0.1) is 0 Å². The maximum Gasteiger partial charge on any atom is 0.187 e. The highest BCUT2D eigenvalue weighted by Gasteiger charge is 2.50. The van der Waals surface area contributed by atoms with Crippen LogP contribution < -0.4 is 0 Å². The van der Waals surface area contributed by atoms with Gasteiger partial charge in [-0.2, -0.15) is 10.4 Å². The van der Waals surface area contributed by atoms with Gasteiger partial charge in [0, 0.05) is 22.5 Å². The van der Waals surface area contributed by atoms with Gasteiger partial charge in [0.2, 0.25) is 0 Å². The van der Waals surface area contributed by atoms with Gasteiger partial charge >= 0.3 is 0 Å². The number of hydrogen-bond acceptors (Lipinski definition) is 3. The number of hydrogen-bond donors (Lipinski definition) is 0. The van der Waals surface area contributed by atoms with Crippen LogP contribution in [-0.2, 0) is 16.6 Å². The van der Waals surface area contributed by atoms with Crippen molar-refractivity contribution in [3.63, 3.8) is 0 Å². The second-order valence-electron chi connectivity index (χ2n) is 8.83. The number of benzene rings is 2. The number of aromatic nitrogens is 2. The molecule has 0 unspecified atom stereocenters. The lowest BCUT2D eigenvalue weighted by Gasteiger charge is -2.45. The predicted molar refractivity (Wildman–Crippen MR) is 122 cm³/mol. The molecule has 3 atom stereocenters. The molecule has 1 aromatic heterocycles. The van der Waals surface area contributed by atoms with E-state index in [9.17, 15) is 10.1 Å². The number of nitrogens with zero attached hydrogens (tertiary/aromatic N) is 4. The van der Waals surface area contributed by atoms with Gasteiger partial charge in [0.1, 0.15) is 6.07 Å². The Morgan fingerprint density at radius 2 is 1.91 bits per heavy atom. The summed E-state index contributed by atoms with van der Waals surface area (Å²) in [6, 6.07) is 19.7. The van der Waals surface area contributed by atoms with Crippen molar-refractivity contribution in [2.45, 2.75) is 32.1 Å². The molecule has 1 heterocycles. The van der Waals surface area contributed by atoms with Gasteiger partial charge in [-0.3, -0.25) is 4.79 Å².